The Hall–Kier alpha value is -2.28. The molecule has 0 unspecified atom stereocenters. The summed E-state index contributed by atoms with van der Waals surface area (Å²) in [6.07, 6.45) is 0. The Morgan fingerprint density at radius 1 is 0.824 bits per heavy atom. The third kappa shape index (κ3) is 2.13. The molecule has 84 valence electrons. The number of nitrogens with zero attached hydrogens (tertiary/aromatic N) is 1. The molecule has 1 nitrogen and oxygen atoms in total. The first kappa shape index (κ1) is 11.2. The summed E-state index contributed by atoms with van der Waals surface area (Å²) in [6.45, 7) is 0. The lowest BCUT2D eigenvalue weighted by molar-refractivity contribution is 0.598. The van der Waals surface area contributed by atoms with E-state index in [9.17, 15) is 13.2 Å². The Morgan fingerprint density at radius 2 is 1.41 bits per heavy atom. The van der Waals surface area contributed by atoms with Gasteiger partial charge >= 0.3 is 0 Å². The van der Waals surface area contributed by atoms with E-state index < -0.39 is 17.5 Å². The molecule has 0 fully saturated rings. The fraction of sp³-hybridized carbons (Fsp3) is 0. The van der Waals surface area contributed by atoms with Gasteiger partial charge in [0.25, 0.3) is 0 Å². The minimum Gasteiger partial charge on any atom is -0.207 e. The molecule has 0 aromatic heterocycles. The Morgan fingerprint density at radius 3 is 2.06 bits per heavy atom. The van der Waals surface area contributed by atoms with E-state index in [1.54, 1.807) is 0 Å². The summed E-state index contributed by atoms with van der Waals surface area (Å²) in [7, 11) is 0. The highest BCUT2D eigenvalue weighted by molar-refractivity contribution is 5.66. The van der Waals surface area contributed by atoms with Gasteiger partial charge in [-0.25, -0.2) is 13.2 Å². The van der Waals surface area contributed by atoms with Crippen LogP contribution in [-0.4, -0.2) is 0 Å². The van der Waals surface area contributed by atoms with Crippen LogP contribution in [0.15, 0.2) is 36.4 Å². The maximum Gasteiger partial charge on any atom is 0.131 e. The number of nitriles is 1. The lowest BCUT2D eigenvalue weighted by atomic mass is 10.0. The van der Waals surface area contributed by atoms with Crippen LogP contribution in [0.4, 0.5) is 13.2 Å². The molecule has 0 bridgehead atoms. The van der Waals surface area contributed by atoms with Crippen LogP contribution in [0.2, 0.25) is 0 Å². The van der Waals surface area contributed by atoms with Crippen LogP contribution >= 0.6 is 0 Å². The summed E-state index contributed by atoms with van der Waals surface area (Å²) in [4.78, 5) is 0. The lowest BCUT2D eigenvalue weighted by Crippen LogP contribution is -1.91. The lowest BCUT2D eigenvalue weighted by Gasteiger charge is -2.05. The molecular weight excluding hydrogens is 227 g/mol. The summed E-state index contributed by atoms with van der Waals surface area (Å²) in [6, 6.07) is 8.10. The van der Waals surface area contributed by atoms with Gasteiger partial charge in [0, 0.05) is 11.1 Å². The smallest absolute Gasteiger partial charge is 0.131 e. The maximum atomic E-state index is 13.5. The van der Waals surface area contributed by atoms with Gasteiger partial charge in [-0.2, -0.15) is 5.26 Å². The maximum absolute atomic E-state index is 13.5. The number of halogens is 3. The van der Waals surface area contributed by atoms with Gasteiger partial charge < -0.3 is 0 Å². The first-order chi connectivity index (χ1) is 8.11. The zero-order chi connectivity index (χ0) is 12.4. The quantitative estimate of drug-likeness (QED) is 0.737. The monoisotopic (exact) mass is 233 g/mol. The van der Waals surface area contributed by atoms with Gasteiger partial charge in [0.2, 0.25) is 0 Å². The van der Waals surface area contributed by atoms with Crippen molar-refractivity contribution in [1.82, 2.24) is 0 Å². The molecule has 4 heteroatoms. The summed E-state index contributed by atoms with van der Waals surface area (Å²) >= 11 is 0. The van der Waals surface area contributed by atoms with Crippen molar-refractivity contribution in [1.29, 1.82) is 5.26 Å². The molecule has 2 rings (SSSR count). The minimum absolute atomic E-state index is 0.124. The highest BCUT2D eigenvalue weighted by Crippen LogP contribution is 2.27. The average Bonchev–Trinajstić information content (AvgIpc) is 2.33. The molecule has 2 aromatic rings. The van der Waals surface area contributed by atoms with Crippen LogP contribution in [0.25, 0.3) is 11.1 Å². The molecule has 0 saturated carbocycles. The van der Waals surface area contributed by atoms with E-state index in [-0.39, 0.29) is 16.7 Å². The molecule has 2 aromatic carbocycles. The van der Waals surface area contributed by atoms with E-state index >= 15 is 0 Å². The van der Waals surface area contributed by atoms with Crippen LogP contribution in [0.5, 0.6) is 0 Å². The molecular formula is C13H6F3N. The van der Waals surface area contributed by atoms with Crippen molar-refractivity contribution < 1.29 is 13.2 Å². The van der Waals surface area contributed by atoms with E-state index in [1.807, 2.05) is 6.07 Å². The normalized spacial score (nSPS) is 10.0. The second-order valence-corrected chi connectivity index (χ2v) is 3.43. The van der Waals surface area contributed by atoms with E-state index in [0.29, 0.717) is 0 Å². The zero-order valence-electron chi connectivity index (χ0n) is 8.55. The van der Waals surface area contributed by atoms with Gasteiger partial charge in [0.05, 0.1) is 11.6 Å². The highest BCUT2D eigenvalue weighted by atomic mass is 19.1. The van der Waals surface area contributed by atoms with Gasteiger partial charge in [0.1, 0.15) is 17.5 Å². The number of hydrogen-bond acceptors (Lipinski definition) is 1. The molecule has 0 radical (unpaired) electrons. The van der Waals surface area contributed by atoms with Crippen LogP contribution in [0.1, 0.15) is 5.56 Å². The Kier molecular flexibility index (Phi) is 2.84. The zero-order valence-corrected chi connectivity index (χ0v) is 8.55. The molecule has 0 aliphatic rings. The van der Waals surface area contributed by atoms with Crippen molar-refractivity contribution in [2.45, 2.75) is 0 Å². The molecule has 0 saturated heterocycles. The van der Waals surface area contributed by atoms with Crippen LogP contribution in [-0.2, 0) is 0 Å². The average molecular weight is 233 g/mol. The van der Waals surface area contributed by atoms with Crippen molar-refractivity contribution in [2.24, 2.45) is 0 Å². The van der Waals surface area contributed by atoms with Crippen molar-refractivity contribution in [3.05, 3.63) is 59.4 Å². The van der Waals surface area contributed by atoms with Gasteiger partial charge in [-0.3, -0.25) is 0 Å². The molecule has 0 spiro atoms. The summed E-state index contributed by atoms with van der Waals surface area (Å²) in [5, 5.41) is 8.68. The first-order valence-electron chi connectivity index (χ1n) is 4.77. The van der Waals surface area contributed by atoms with Gasteiger partial charge in [-0.05, 0) is 36.4 Å². The van der Waals surface area contributed by atoms with E-state index in [0.717, 1.165) is 24.3 Å². The minimum atomic E-state index is -0.736. The fourth-order valence-electron chi connectivity index (χ4n) is 1.51. The van der Waals surface area contributed by atoms with Crippen LogP contribution < -0.4 is 0 Å². The molecule has 0 atom stereocenters. The third-order valence-corrected chi connectivity index (χ3v) is 2.31. The van der Waals surface area contributed by atoms with E-state index in [4.69, 9.17) is 5.26 Å². The van der Waals surface area contributed by atoms with Crippen LogP contribution in [0.3, 0.4) is 0 Å². The summed E-state index contributed by atoms with van der Waals surface area (Å²) < 4.78 is 40.0. The fourth-order valence-corrected chi connectivity index (χ4v) is 1.51. The highest BCUT2D eigenvalue weighted by Gasteiger charge is 2.11. The van der Waals surface area contributed by atoms with Crippen molar-refractivity contribution in [2.75, 3.05) is 0 Å². The largest absolute Gasteiger partial charge is 0.207 e. The summed E-state index contributed by atoms with van der Waals surface area (Å²) in [5.74, 6) is -2.10. The van der Waals surface area contributed by atoms with Gasteiger partial charge in [-0.15, -0.1) is 0 Å². The van der Waals surface area contributed by atoms with Crippen molar-refractivity contribution in [3.63, 3.8) is 0 Å². The van der Waals surface area contributed by atoms with Crippen molar-refractivity contribution in [3.8, 4) is 17.2 Å². The Balaban J connectivity index is 2.68. The molecule has 17 heavy (non-hydrogen) atoms. The van der Waals surface area contributed by atoms with Gasteiger partial charge in [-0.1, -0.05) is 0 Å². The predicted octanol–water partition coefficient (Wildman–Crippen LogP) is 3.64. The Labute approximate surface area is 95.7 Å². The van der Waals surface area contributed by atoms with Gasteiger partial charge in [0.15, 0.2) is 0 Å². The molecule has 0 aliphatic carbocycles. The van der Waals surface area contributed by atoms with Crippen molar-refractivity contribution >= 4 is 0 Å². The summed E-state index contributed by atoms with van der Waals surface area (Å²) in [5.41, 5.74) is -0.134. The van der Waals surface area contributed by atoms with E-state index in [1.165, 1.54) is 12.1 Å². The number of benzene rings is 2. The topological polar surface area (TPSA) is 23.8 Å². The van der Waals surface area contributed by atoms with E-state index in [2.05, 4.69) is 0 Å². The molecule has 0 N–H and O–H groups in total. The molecule has 0 amide bonds. The molecule has 0 aliphatic heterocycles. The SMILES string of the molecule is N#Cc1ccc(F)c(-c2cc(F)ccc2F)c1. The standard InChI is InChI=1S/C13H6F3N/c14-9-2-4-13(16)11(6-9)10-5-8(7-17)1-3-12(10)15/h1-6H. The predicted molar refractivity (Wildman–Crippen MR) is 56.5 cm³/mol. The number of hydrogen-bond donors (Lipinski definition) is 0. The second kappa shape index (κ2) is 4.30. The molecule has 0 heterocycles. The third-order valence-electron chi connectivity index (χ3n) is 2.31. The second-order valence-electron chi connectivity index (χ2n) is 3.43. The Bertz CT molecular complexity index is 615. The number of rotatable bonds is 1. The first-order valence-corrected chi connectivity index (χ1v) is 4.77. The van der Waals surface area contributed by atoms with Crippen LogP contribution in [0, 0.1) is 28.8 Å².